The molecule has 0 saturated heterocycles. The van der Waals surface area contributed by atoms with Crippen molar-refractivity contribution in [3.05, 3.63) is 53.9 Å². The number of aryl methyl sites for hydroxylation is 1. The second-order valence-corrected chi connectivity index (χ2v) is 6.87. The van der Waals surface area contributed by atoms with Gasteiger partial charge in [-0.05, 0) is 19.1 Å². The van der Waals surface area contributed by atoms with Gasteiger partial charge in [-0.1, -0.05) is 11.6 Å². The fourth-order valence-electron chi connectivity index (χ4n) is 2.11. The zero-order chi connectivity index (χ0) is 17.9. The summed E-state index contributed by atoms with van der Waals surface area (Å²) in [5.74, 6) is -0.406. The maximum absolute atomic E-state index is 12.3. The summed E-state index contributed by atoms with van der Waals surface area (Å²) in [6.07, 6.45) is 1.21. The maximum atomic E-state index is 12.3. The van der Waals surface area contributed by atoms with Crippen LogP contribution in [0, 0.1) is 11.3 Å². The van der Waals surface area contributed by atoms with Gasteiger partial charge in [0, 0.05) is 24.7 Å². The van der Waals surface area contributed by atoms with E-state index in [-0.39, 0.29) is 5.56 Å². The summed E-state index contributed by atoms with van der Waals surface area (Å²) in [5, 5.41) is 9.01. The van der Waals surface area contributed by atoms with Crippen molar-refractivity contribution in [2.75, 3.05) is 7.05 Å². The predicted molar refractivity (Wildman–Crippen MR) is 91.2 cm³/mol. The van der Waals surface area contributed by atoms with E-state index in [0.29, 0.717) is 17.4 Å². The highest BCUT2D eigenvalue weighted by Gasteiger charge is 2.17. The molecule has 0 radical (unpaired) electrons. The van der Waals surface area contributed by atoms with Crippen LogP contribution in [0.2, 0.25) is 4.34 Å². The van der Waals surface area contributed by atoms with Crippen molar-refractivity contribution in [2.45, 2.75) is 26.6 Å². The summed E-state index contributed by atoms with van der Waals surface area (Å²) in [6.45, 7) is 1.92. The molecular formula is C15H15ClN4O3S. The van der Waals surface area contributed by atoms with Crippen LogP contribution >= 0.6 is 22.9 Å². The van der Waals surface area contributed by atoms with Crippen molar-refractivity contribution in [2.24, 2.45) is 0 Å². The molecule has 0 unspecified atom stereocenters. The van der Waals surface area contributed by atoms with Gasteiger partial charge in [0.1, 0.15) is 18.2 Å². The molecule has 0 atom stereocenters. The molecule has 0 aliphatic rings. The number of rotatable bonds is 5. The van der Waals surface area contributed by atoms with Gasteiger partial charge in [0.15, 0.2) is 0 Å². The molecule has 2 rings (SSSR count). The fourth-order valence-corrected chi connectivity index (χ4v) is 3.25. The second-order valence-electron chi connectivity index (χ2n) is 5.07. The van der Waals surface area contributed by atoms with E-state index in [2.05, 4.69) is 0 Å². The molecule has 0 N–H and O–H groups in total. The maximum Gasteiger partial charge on any atom is 0.331 e. The van der Waals surface area contributed by atoms with E-state index in [4.69, 9.17) is 16.9 Å². The zero-order valence-corrected chi connectivity index (χ0v) is 14.7. The van der Waals surface area contributed by atoms with Crippen LogP contribution in [-0.2, 0) is 24.4 Å². The number of nitrogens with zero attached hydrogens (tertiary/aromatic N) is 4. The molecule has 9 heteroatoms. The van der Waals surface area contributed by atoms with Gasteiger partial charge in [0.2, 0.25) is 5.91 Å². The molecule has 126 valence electrons. The molecule has 1 amide bonds. The first-order chi connectivity index (χ1) is 11.4. The quantitative estimate of drug-likeness (QED) is 0.797. The Hall–Kier alpha value is -2.37. The summed E-state index contributed by atoms with van der Waals surface area (Å²) in [4.78, 5) is 39.0. The van der Waals surface area contributed by atoms with Crippen LogP contribution in [0.1, 0.15) is 17.4 Å². The number of hydrogen-bond donors (Lipinski definition) is 0. The molecule has 2 aromatic heterocycles. The Labute approximate surface area is 146 Å². The summed E-state index contributed by atoms with van der Waals surface area (Å²) < 4.78 is 2.64. The van der Waals surface area contributed by atoms with Gasteiger partial charge in [-0.3, -0.25) is 14.2 Å². The van der Waals surface area contributed by atoms with Gasteiger partial charge in [-0.2, -0.15) is 5.26 Å². The summed E-state index contributed by atoms with van der Waals surface area (Å²) in [6, 6.07) is 5.30. The summed E-state index contributed by atoms with van der Waals surface area (Å²) >= 11 is 7.21. The molecule has 7 nitrogen and oxygen atoms in total. The number of likely N-dealkylation sites (N-methyl/N-ethyl adjacent to an activating group) is 1. The third-order valence-electron chi connectivity index (χ3n) is 3.44. The molecule has 2 aromatic rings. The van der Waals surface area contributed by atoms with Crippen molar-refractivity contribution in [1.29, 1.82) is 5.26 Å². The SMILES string of the molecule is CCn1cc(C#N)c(=O)n(CC(=O)N(C)Cc2ccc(Cl)s2)c1=O. The number of aromatic nitrogens is 2. The first-order valence-corrected chi connectivity index (χ1v) is 8.29. The Morgan fingerprint density at radius 1 is 1.42 bits per heavy atom. The van der Waals surface area contributed by atoms with E-state index in [1.807, 2.05) is 6.07 Å². The van der Waals surface area contributed by atoms with Crippen LogP contribution in [0.5, 0.6) is 0 Å². The molecule has 0 spiro atoms. The molecule has 0 aliphatic carbocycles. The topological polar surface area (TPSA) is 88.1 Å². The smallest absolute Gasteiger partial charge is 0.331 e. The lowest BCUT2D eigenvalue weighted by Crippen LogP contribution is -2.44. The van der Waals surface area contributed by atoms with E-state index in [1.165, 1.54) is 27.0 Å². The number of thiophene rings is 1. The van der Waals surface area contributed by atoms with E-state index >= 15 is 0 Å². The van der Waals surface area contributed by atoms with E-state index in [9.17, 15) is 14.4 Å². The van der Waals surface area contributed by atoms with Crippen molar-refractivity contribution < 1.29 is 4.79 Å². The number of carbonyl (C=O) groups excluding carboxylic acids is 1. The minimum Gasteiger partial charge on any atom is -0.339 e. The number of nitriles is 1. The lowest BCUT2D eigenvalue weighted by Gasteiger charge is -2.17. The zero-order valence-electron chi connectivity index (χ0n) is 13.2. The molecule has 0 aliphatic heterocycles. The van der Waals surface area contributed by atoms with E-state index < -0.39 is 23.7 Å². The van der Waals surface area contributed by atoms with Gasteiger partial charge < -0.3 is 4.90 Å². The van der Waals surface area contributed by atoms with Gasteiger partial charge in [0.25, 0.3) is 5.56 Å². The van der Waals surface area contributed by atoms with Crippen LogP contribution in [-0.4, -0.2) is 27.0 Å². The van der Waals surface area contributed by atoms with Gasteiger partial charge in [0.05, 0.1) is 10.9 Å². The molecular weight excluding hydrogens is 352 g/mol. The highest BCUT2D eigenvalue weighted by Crippen LogP contribution is 2.22. The Balaban J connectivity index is 2.27. The summed E-state index contributed by atoms with van der Waals surface area (Å²) in [7, 11) is 1.58. The van der Waals surface area contributed by atoms with Crippen molar-refractivity contribution >= 4 is 28.8 Å². The van der Waals surface area contributed by atoms with Crippen LogP contribution in [0.3, 0.4) is 0 Å². The second kappa shape index (κ2) is 7.47. The van der Waals surface area contributed by atoms with E-state index in [1.54, 1.807) is 26.1 Å². The van der Waals surface area contributed by atoms with Gasteiger partial charge in [-0.25, -0.2) is 9.36 Å². The Bertz CT molecular complexity index is 922. The normalized spacial score (nSPS) is 10.4. The fraction of sp³-hybridized carbons (Fsp3) is 0.333. The molecule has 0 fully saturated rings. The molecule has 24 heavy (non-hydrogen) atoms. The Morgan fingerprint density at radius 2 is 2.12 bits per heavy atom. The highest BCUT2D eigenvalue weighted by atomic mass is 35.5. The predicted octanol–water partition coefficient (Wildman–Crippen LogP) is 1.28. The van der Waals surface area contributed by atoms with Crippen LogP contribution in [0.15, 0.2) is 27.9 Å². The average Bonchev–Trinajstić information content (AvgIpc) is 2.96. The summed E-state index contributed by atoms with van der Waals surface area (Å²) in [5.41, 5.74) is -1.53. The minimum atomic E-state index is -0.756. The number of hydrogen-bond acceptors (Lipinski definition) is 5. The third kappa shape index (κ3) is 3.75. The lowest BCUT2D eigenvalue weighted by atomic mass is 10.3. The standard InChI is InChI=1S/C15H15ClN4O3S/c1-3-19-7-10(6-17)14(22)20(15(19)23)9-13(21)18(2)8-11-4-5-12(16)24-11/h4-5,7H,3,8-9H2,1-2H3. The lowest BCUT2D eigenvalue weighted by molar-refractivity contribution is -0.131. The average molecular weight is 367 g/mol. The van der Waals surface area contributed by atoms with Crippen LogP contribution in [0.25, 0.3) is 0 Å². The minimum absolute atomic E-state index is 0.169. The number of amides is 1. The first-order valence-electron chi connectivity index (χ1n) is 7.10. The molecule has 2 heterocycles. The van der Waals surface area contributed by atoms with Crippen molar-refractivity contribution in [3.8, 4) is 6.07 Å². The Kier molecular flexibility index (Phi) is 5.59. The molecule has 0 aromatic carbocycles. The molecule has 0 bridgehead atoms. The Morgan fingerprint density at radius 3 is 2.67 bits per heavy atom. The third-order valence-corrected chi connectivity index (χ3v) is 4.66. The van der Waals surface area contributed by atoms with Gasteiger partial charge >= 0.3 is 5.69 Å². The number of halogens is 1. The van der Waals surface area contributed by atoms with Crippen molar-refractivity contribution in [3.63, 3.8) is 0 Å². The van der Waals surface area contributed by atoms with Gasteiger partial charge in [-0.15, -0.1) is 11.3 Å². The molecule has 0 saturated carbocycles. The number of carbonyl (C=O) groups is 1. The monoisotopic (exact) mass is 366 g/mol. The first kappa shape index (κ1) is 18.0. The van der Waals surface area contributed by atoms with Crippen molar-refractivity contribution in [1.82, 2.24) is 14.0 Å². The van der Waals surface area contributed by atoms with Crippen LogP contribution in [0.4, 0.5) is 0 Å². The highest BCUT2D eigenvalue weighted by molar-refractivity contribution is 7.16. The van der Waals surface area contributed by atoms with Crippen LogP contribution < -0.4 is 11.2 Å². The largest absolute Gasteiger partial charge is 0.339 e. The van der Waals surface area contributed by atoms with E-state index in [0.717, 1.165) is 9.44 Å².